The number of rotatable bonds is 3. The Labute approximate surface area is 101 Å². The zero-order valence-corrected chi connectivity index (χ0v) is 10.7. The summed E-state index contributed by atoms with van der Waals surface area (Å²) >= 11 is 0. The van der Waals surface area contributed by atoms with E-state index in [1.807, 2.05) is 12.1 Å². The fourth-order valence-corrected chi connectivity index (χ4v) is 2.77. The molecule has 0 fully saturated rings. The van der Waals surface area contributed by atoms with Crippen molar-refractivity contribution in [1.82, 2.24) is 4.98 Å². The normalized spacial score (nSPS) is 20.9. The Hall–Kier alpha value is -1.23. The lowest BCUT2D eigenvalue weighted by atomic mass is 9.99. The molecule has 1 heterocycles. The average molecular weight is 253 g/mol. The number of sulfone groups is 1. The van der Waals surface area contributed by atoms with E-state index < -0.39 is 15.1 Å². The Kier molecular flexibility index (Phi) is 3.03. The fraction of sp³-hybridized carbons (Fsp3) is 0.500. The molecule has 17 heavy (non-hydrogen) atoms. The maximum atomic E-state index is 12.1. The van der Waals surface area contributed by atoms with Crippen LogP contribution in [0.2, 0.25) is 0 Å². The first kappa shape index (κ1) is 12.2. The van der Waals surface area contributed by atoms with Crippen LogP contribution in [0.3, 0.4) is 0 Å². The van der Waals surface area contributed by atoms with Crippen molar-refractivity contribution in [1.29, 1.82) is 0 Å². The van der Waals surface area contributed by atoms with Crippen LogP contribution in [-0.4, -0.2) is 30.7 Å². The molecule has 0 bridgehead atoms. The van der Waals surface area contributed by atoms with Gasteiger partial charge in [0, 0.05) is 12.5 Å². The molecule has 0 spiro atoms. The predicted octanol–water partition coefficient (Wildman–Crippen LogP) is 1.11. The molecule has 0 aromatic carbocycles. The van der Waals surface area contributed by atoms with E-state index in [9.17, 15) is 13.2 Å². The van der Waals surface area contributed by atoms with Crippen molar-refractivity contribution >= 4 is 15.6 Å². The van der Waals surface area contributed by atoms with E-state index in [2.05, 4.69) is 4.98 Å². The lowest BCUT2D eigenvalue weighted by Gasteiger charge is -2.14. The number of carbonyl (C=O) groups excluding carboxylic acids is 1. The van der Waals surface area contributed by atoms with Gasteiger partial charge in [0.1, 0.15) is 5.25 Å². The van der Waals surface area contributed by atoms with Gasteiger partial charge in [-0.15, -0.1) is 0 Å². The first-order valence-corrected chi connectivity index (χ1v) is 7.53. The topological polar surface area (TPSA) is 64.1 Å². The summed E-state index contributed by atoms with van der Waals surface area (Å²) in [6.07, 6.45) is 4.22. The number of aromatic nitrogens is 1. The standard InChI is InChI=1S/C12H15NO3S/c1-8(17(2,15)16)12(14)10-6-5-9-4-3-7-13-11(9)10/h3-4,7-8,10H,5-6H2,1-2H3. The SMILES string of the molecule is CC(C(=O)C1CCc2cccnc21)S(C)(=O)=O. The van der Waals surface area contributed by atoms with Gasteiger partial charge in [-0.05, 0) is 31.4 Å². The van der Waals surface area contributed by atoms with Crippen LogP contribution in [0.4, 0.5) is 0 Å². The molecular formula is C12H15NO3S. The summed E-state index contributed by atoms with van der Waals surface area (Å²) in [5.41, 5.74) is 1.82. The van der Waals surface area contributed by atoms with Crippen LogP contribution >= 0.6 is 0 Å². The molecule has 1 aliphatic rings. The molecule has 0 saturated heterocycles. The Bertz CT molecular complexity index is 551. The smallest absolute Gasteiger partial charge is 0.159 e. The first-order valence-electron chi connectivity index (χ1n) is 5.57. The summed E-state index contributed by atoms with van der Waals surface area (Å²) in [6, 6.07) is 3.78. The summed E-state index contributed by atoms with van der Waals surface area (Å²) in [4.78, 5) is 16.3. The number of pyridine rings is 1. The molecule has 0 aliphatic heterocycles. The van der Waals surface area contributed by atoms with Crippen molar-refractivity contribution in [2.24, 2.45) is 0 Å². The zero-order chi connectivity index (χ0) is 12.6. The molecular weight excluding hydrogens is 238 g/mol. The minimum Gasteiger partial charge on any atom is -0.298 e. The third kappa shape index (κ3) is 2.24. The van der Waals surface area contributed by atoms with Crippen LogP contribution in [0.1, 0.15) is 30.5 Å². The molecule has 0 saturated carbocycles. The number of hydrogen-bond acceptors (Lipinski definition) is 4. The number of hydrogen-bond donors (Lipinski definition) is 0. The number of Topliss-reactive ketones (excluding diaryl/α,β-unsaturated/α-hetero) is 1. The maximum absolute atomic E-state index is 12.1. The van der Waals surface area contributed by atoms with E-state index in [1.165, 1.54) is 6.92 Å². The Morgan fingerprint density at radius 1 is 1.53 bits per heavy atom. The van der Waals surface area contributed by atoms with Crippen LogP contribution in [0.15, 0.2) is 18.3 Å². The van der Waals surface area contributed by atoms with Crippen molar-refractivity contribution in [2.45, 2.75) is 30.9 Å². The summed E-state index contributed by atoms with van der Waals surface area (Å²) in [5, 5.41) is -0.944. The molecule has 4 nitrogen and oxygen atoms in total. The lowest BCUT2D eigenvalue weighted by Crippen LogP contribution is -2.30. The van der Waals surface area contributed by atoms with Crippen molar-refractivity contribution in [2.75, 3.05) is 6.26 Å². The van der Waals surface area contributed by atoms with Crippen LogP contribution < -0.4 is 0 Å². The van der Waals surface area contributed by atoms with E-state index in [4.69, 9.17) is 0 Å². The maximum Gasteiger partial charge on any atom is 0.159 e. The summed E-state index contributed by atoms with van der Waals surface area (Å²) in [5.74, 6) is -0.583. The molecule has 2 rings (SSSR count). The fourth-order valence-electron chi connectivity index (χ4n) is 2.18. The highest BCUT2D eigenvalue weighted by atomic mass is 32.2. The molecule has 1 aromatic heterocycles. The van der Waals surface area contributed by atoms with Gasteiger partial charge < -0.3 is 0 Å². The number of fused-ring (bicyclic) bond motifs is 1. The van der Waals surface area contributed by atoms with Gasteiger partial charge in [-0.25, -0.2) is 8.42 Å². The largest absolute Gasteiger partial charge is 0.298 e. The van der Waals surface area contributed by atoms with Crippen molar-refractivity contribution in [3.05, 3.63) is 29.6 Å². The average Bonchev–Trinajstić information content (AvgIpc) is 2.69. The Balaban J connectivity index is 2.30. The van der Waals surface area contributed by atoms with Gasteiger partial charge in [-0.2, -0.15) is 0 Å². The molecule has 0 amide bonds. The van der Waals surface area contributed by atoms with E-state index in [0.717, 1.165) is 23.9 Å². The van der Waals surface area contributed by atoms with Crippen molar-refractivity contribution < 1.29 is 13.2 Å². The van der Waals surface area contributed by atoms with Crippen molar-refractivity contribution in [3.63, 3.8) is 0 Å². The van der Waals surface area contributed by atoms with Gasteiger partial charge >= 0.3 is 0 Å². The molecule has 0 radical (unpaired) electrons. The van der Waals surface area contributed by atoms with E-state index in [0.29, 0.717) is 6.42 Å². The molecule has 1 aromatic rings. The lowest BCUT2D eigenvalue weighted by molar-refractivity contribution is -0.119. The van der Waals surface area contributed by atoms with Gasteiger partial charge in [-0.1, -0.05) is 6.07 Å². The molecule has 5 heteroatoms. The van der Waals surface area contributed by atoms with Gasteiger partial charge in [0.15, 0.2) is 15.6 Å². The van der Waals surface area contributed by atoms with E-state index in [-0.39, 0.29) is 11.7 Å². The Morgan fingerprint density at radius 2 is 2.24 bits per heavy atom. The molecule has 2 unspecified atom stereocenters. The van der Waals surface area contributed by atoms with E-state index in [1.54, 1.807) is 6.20 Å². The predicted molar refractivity (Wildman–Crippen MR) is 64.6 cm³/mol. The summed E-state index contributed by atoms with van der Waals surface area (Å²) in [6.45, 7) is 1.46. The Morgan fingerprint density at radius 3 is 2.88 bits per heavy atom. The van der Waals surface area contributed by atoms with Crippen LogP contribution in [-0.2, 0) is 21.1 Å². The molecule has 0 N–H and O–H groups in total. The van der Waals surface area contributed by atoms with Crippen LogP contribution in [0.25, 0.3) is 0 Å². The van der Waals surface area contributed by atoms with Gasteiger partial charge in [0.05, 0.1) is 11.6 Å². The number of carbonyl (C=O) groups is 1. The molecule has 1 aliphatic carbocycles. The second-order valence-corrected chi connectivity index (χ2v) is 6.88. The molecule has 2 atom stereocenters. The van der Waals surface area contributed by atoms with Crippen molar-refractivity contribution in [3.8, 4) is 0 Å². The highest BCUT2D eigenvalue weighted by Crippen LogP contribution is 2.33. The number of ketones is 1. The first-order chi connectivity index (χ1) is 7.91. The quantitative estimate of drug-likeness (QED) is 0.809. The third-order valence-electron chi connectivity index (χ3n) is 3.34. The van der Waals surface area contributed by atoms with Crippen LogP contribution in [0.5, 0.6) is 0 Å². The zero-order valence-electron chi connectivity index (χ0n) is 9.88. The summed E-state index contributed by atoms with van der Waals surface area (Å²) in [7, 11) is -3.32. The van der Waals surface area contributed by atoms with Gasteiger partial charge in [0.25, 0.3) is 0 Å². The second kappa shape index (κ2) is 4.22. The highest BCUT2D eigenvalue weighted by Gasteiger charge is 2.35. The summed E-state index contributed by atoms with van der Waals surface area (Å²) < 4.78 is 22.8. The minimum atomic E-state index is -3.32. The molecule has 92 valence electrons. The van der Waals surface area contributed by atoms with Gasteiger partial charge in [-0.3, -0.25) is 9.78 Å². The van der Waals surface area contributed by atoms with Gasteiger partial charge in [0.2, 0.25) is 0 Å². The monoisotopic (exact) mass is 253 g/mol. The second-order valence-electron chi connectivity index (χ2n) is 4.51. The van der Waals surface area contributed by atoms with Crippen LogP contribution in [0, 0.1) is 0 Å². The number of nitrogens with zero attached hydrogens (tertiary/aromatic N) is 1. The number of aryl methyl sites for hydroxylation is 1. The highest BCUT2D eigenvalue weighted by molar-refractivity contribution is 7.92. The third-order valence-corrected chi connectivity index (χ3v) is 4.86. The van der Waals surface area contributed by atoms with E-state index >= 15 is 0 Å². The minimum absolute atomic E-state index is 0.232.